The van der Waals surface area contributed by atoms with Gasteiger partial charge in [-0.15, -0.1) is 0 Å². The lowest BCUT2D eigenvalue weighted by molar-refractivity contribution is 0.580. The van der Waals surface area contributed by atoms with Crippen molar-refractivity contribution in [2.24, 2.45) is 0 Å². The molecule has 2 aliphatic carbocycles. The van der Waals surface area contributed by atoms with Gasteiger partial charge in [-0.1, -0.05) is 0 Å². The number of piperazine rings is 1. The number of aromatic nitrogens is 4. The van der Waals surface area contributed by atoms with Gasteiger partial charge in [0.2, 0.25) is 0 Å². The van der Waals surface area contributed by atoms with E-state index in [-0.39, 0.29) is 5.82 Å². The maximum Gasteiger partial charge on any atom is 0.183 e. The van der Waals surface area contributed by atoms with E-state index in [9.17, 15) is 4.39 Å². The summed E-state index contributed by atoms with van der Waals surface area (Å²) < 4.78 is 13.9. The second-order valence-electron chi connectivity index (χ2n) is 7.13. The third-order valence-corrected chi connectivity index (χ3v) is 5.40. The summed E-state index contributed by atoms with van der Waals surface area (Å²) in [5.41, 5.74) is 2.60. The Morgan fingerprint density at radius 1 is 0.960 bits per heavy atom. The number of rotatable bonds is 3. The molecule has 3 aliphatic rings. The summed E-state index contributed by atoms with van der Waals surface area (Å²) in [5, 5.41) is 0. The van der Waals surface area contributed by atoms with Crippen LogP contribution in [0.5, 0.6) is 0 Å². The van der Waals surface area contributed by atoms with Crippen LogP contribution in [0, 0.1) is 5.82 Å². The molecule has 130 valence electrons. The third-order valence-electron chi connectivity index (χ3n) is 5.40. The van der Waals surface area contributed by atoms with Crippen LogP contribution in [0.2, 0.25) is 0 Å². The van der Waals surface area contributed by atoms with Crippen molar-refractivity contribution in [2.75, 3.05) is 36.0 Å². The van der Waals surface area contributed by atoms with E-state index in [4.69, 9.17) is 9.97 Å². The lowest BCUT2D eigenvalue weighted by Crippen LogP contribution is -2.47. The first-order chi connectivity index (χ1) is 12.3. The molecule has 5 rings (SSSR count). The highest BCUT2D eigenvalue weighted by Gasteiger charge is 2.32. The van der Waals surface area contributed by atoms with E-state index in [1.54, 1.807) is 0 Å². The molecule has 7 heteroatoms. The van der Waals surface area contributed by atoms with Gasteiger partial charge in [-0.05, 0) is 32.1 Å². The van der Waals surface area contributed by atoms with Crippen molar-refractivity contribution in [1.82, 2.24) is 19.9 Å². The van der Waals surface area contributed by atoms with Gasteiger partial charge in [0.1, 0.15) is 18.0 Å². The largest absolute Gasteiger partial charge is 0.353 e. The first-order valence-corrected chi connectivity index (χ1v) is 9.14. The van der Waals surface area contributed by atoms with E-state index >= 15 is 0 Å². The Morgan fingerprint density at radius 3 is 2.44 bits per heavy atom. The maximum absolute atomic E-state index is 13.9. The average molecular weight is 340 g/mol. The minimum absolute atomic E-state index is 0.352. The number of hydrogen-bond donors (Lipinski definition) is 0. The van der Waals surface area contributed by atoms with Crippen LogP contribution < -0.4 is 9.80 Å². The SMILES string of the molecule is Fc1cncnc1N1CCN(c2nc(C3CC3)nc3c2CCC3)CC1. The zero-order valence-corrected chi connectivity index (χ0v) is 14.2. The van der Waals surface area contributed by atoms with Crippen LogP contribution in [0.1, 0.15) is 42.3 Å². The fourth-order valence-corrected chi connectivity index (χ4v) is 3.89. The maximum atomic E-state index is 13.9. The molecule has 0 atom stereocenters. The molecular weight excluding hydrogens is 319 g/mol. The number of hydrogen-bond acceptors (Lipinski definition) is 6. The second kappa shape index (κ2) is 5.89. The fraction of sp³-hybridized carbons (Fsp3) is 0.556. The summed E-state index contributed by atoms with van der Waals surface area (Å²) in [7, 11) is 0. The first-order valence-electron chi connectivity index (χ1n) is 9.14. The summed E-state index contributed by atoms with van der Waals surface area (Å²) in [5.74, 6) is 2.80. The molecule has 0 unspecified atom stereocenters. The standard InChI is InChI=1S/C18H21FN6/c19-14-10-20-11-21-18(14)25-8-6-24(7-9-25)17-13-2-1-3-15(13)22-16(23-17)12-4-5-12/h10-12H,1-9H2. The molecule has 0 aromatic carbocycles. The minimum Gasteiger partial charge on any atom is -0.353 e. The van der Waals surface area contributed by atoms with Crippen LogP contribution >= 0.6 is 0 Å². The Morgan fingerprint density at radius 2 is 1.72 bits per heavy atom. The third kappa shape index (κ3) is 2.71. The number of aryl methyl sites for hydroxylation is 1. The highest BCUT2D eigenvalue weighted by molar-refractivity contribution is 5.53. The zero-order chi connectivity index (χ0) is 16.8. The van der Waals surface area contributed by atoms with Gasteiger partial charge in [-0.3, -0.25) is 0 Å². The molecule has 0 spiro atoms. The quantitative estimate of drug-likeness (QED) is 0.853. The topological polar surface area (TPSA) is 58.0 Å². The molecule has 3 heterocycles. The van der Waals surface area contributed by atoms with Crippen LogP contribution in [0.25, 0.3) is 0 Å². The molecule has 0 N–H and O–H groups in total. The minimum atomic E-state index is -0.352. The monoisotopic (exact) mass is 340 g/mol. The smallest absolute Gasteiger partial charge is 0.183 e. The van der Waals surface area contributed by atoms with E-state index in [1.807, 2.05) is 4.90 Å². The molecule has 1 saturated heterocycles. The average Bonchev–Trinajstić information content (AvgIpc) is 3.39. The van der Waals surface area contributed by atoms with Gasteiger partial charge >= 0.3 is 0 Å². The summed E-state index contributed by atoms with van der Waals surface area (Å²) in [6, 6.07) is 0. The van der Waals surface area contributed by atoms with Gasteiger partial charge in [-0.25, -0.2) is 24.3 Å². The van der Waals surface area contributed by atoms with Crippen molar-refractivity contribution in [3.05, 3.63) is 35.4 Å². The van der Waals surface area contributed by atoms with Crippen molar-refractivity contribution in [2.45, 2.75) is 38.0 Å². The molecule has 2 aromatic rings. The molecule has 2 fully saturated rings. The van der Waals surface area contributed by atoms with Crippen molar-refractivity contribution < 1.29 is 4.39 Å². The van der Waals surface area contributed by atoms with E-state index in [0.29, 0.717) is 11.7 Å². The van der Waals surface area contributed by atoms with Crippen molar-refractivity contribution in [1.29, 1.82) is 0 Å². The molecule has 1 aliphatic heterocycles. The van der Waals surface area contributed by atoms with Gasteiger partial charge in [0, 0.05) is 43.4 Å². The number of anilines is 2. The molecule has 25 heavy (non-hydrogen) atoms. The van der Waals surface area contributed by atoms with Crippen molar-refractivity contribution >= 4 is 11.6 Å². The van der Waals surface area contributed by atoms with Crippen LogP contribution in [-0.4, -0.2) is 46.1 Å². The summed E-state index contributed by atoms with van der Waals surface area (Å²) >= 11 is 0. The Balaban J connectivity index is 1.38. The predicted molar refractivity (Wildman–Crippen MR) is 92.4 cm³/mol. The highest BCUT2D eigenvalue weighted by atomic mass is 19.1. The number of fused-ring (bicyclic) bond motifs is 1. The van der Waals surface area contributed by atoms with E-state index in [1.165, 1.54) is 43.0 Å². The van der Waals surface area contributed by atoms with Crippen LogP contribution in [0.3, 0.4) is 0 Å². The predicted octanol–water partition coefficient (Wildman–Crippen LogP) is 2.10. The second-order valence-corrected chi connectivity index (χ2v) is 7.13. The Labute approximate surface area is 146 Å². The summed E-state index contributed by atoms with van der Waals surface area (Å²) in [4.78, 5) is 22.0. The van der Waals surface area contributed by atoms with E-state index in [0.717, 1.165) is 50.7 Å². The molecule has 0 radical (unpaired) electrons. The lowest BCUT2D eigenvalue weighted by atomic mass is 10.2. The fourth-order valence-electron chi connectivity index (χ4n) is 3.89. The summed E-state index contributed by atoms with van der Waals surface area (Å²) in [6.45, 7) is 3.14. The van der Waals surface area contributed by atoms with Crippen LogP contribution in [-0.2, 0) is 12.8 Å². The Kier molecular flexibility index (Phi) is 3.53. The first kappa shape index (κ1) is 15.0. The molecule has 0 bridgehead atoms. The molecule has 6 nitrogen and oxygen atoms in total. The van der Waals surface area contributed by atoms with Crippen LogP contribution in [0.15, 0.2) is 12.5 Å². The van der Waals surface area contributed by atoms with Crippen molar-refractivity contribution in [3.8, 4) is 0 Å². The normalized spacial score (nSPS) is 20.0. The Bertz CT molecular complexity index is 798. The molecular formula is C18H21FN6. The zero-order valence-electron chi connectivity index (χ0n) is 14.2. The van der Waals surface area contributed by atoms with E-state index < -0.39 is 0 Å². The van der Waals surface area contributed by atoms with Crippen molar-refractivity contribution in [3.63, 3.8) is 0 Å². The van der Waals surface area contributed by atoms with Gasteiger partial charge in [0.05, 0.1) is 6.20 Å². The molecule has 1 saturated carbocycles. The number of nitrogens with zero attached hydrogens (tertiary/aromatic N) is 6. The lowest BCUT2D eigenvalue weighted by Gasteiger charge is -2.36. The van der Waals surface area contributed by atoms with Gasteiger partial charge < -0.3 is 9.80 Å². The van der Waals surface area contributed by atoms with Crippen LogP contribution in [0.4, 0.5) is 16.0 Å². The highest BCUT2D eigenvalue weighted by Crippen LogP contribution is 2.40. The summed E-state index contributed by atoms with van der Waals surface area (Å²) in [6.07, 6.45) is 8.42. The molecule has 2 aromatic heterocycles. The van der Waals surface area contributed by atoms with Gasteiger partial charge in [-0.2, -0.15) is 0 Å². The van der Waals surface area contributed by atoms with Gasteiger partial charge in [0.15, 0.2) is 11.6 Å². The number of halogens is 1. The molecule has 0 amide bonds. The Hall–Kier alpha value is -2.31. The van der Waals surface area contributed by atoms with E-state index in [2.05, 4.69) is 14.9 Å². The van der Waals surface area contributed by atoms with Gasteiger partial charge in [0.25, 0.3) is 0 Å².